The minimum absolute atomic E-state index is 0. The van der Waals surface area contributed by atoms with Crippen molar-refractivity contribution in [3.63, 3.8) is 0 Å². The lowest BCUT2D eigenvalue weighted by Gasteiger charge is -2.32. The summed E-state index contributed by atoms with van der Waals surface area (Å²) in [6.07, 6.45) is 2.19. The third-order valence-corrected chi connectivity index (χ3v) is 3.42. The minimum atomic E-state index is 0. The molecule has 3 nitrogen and oxygen atoms in total. The van der Waals surface area contributed by atoms with Crippen LogP contribution in [-0.2, 0) is 0 Å². The van der Waals surface area contributed by atoms with Crippen molar-refractivity contribution in [2.75, 3.05) is 20.1 Å². The molecule has 5 heteroatoms. The fraction of sp³-hybridized carbons (Fsp3) is 0.462. The summed E-state index contributed by atoms with van der Waals surface area (Å²) in [4.78, 5) is 14.2. The summed E-state index contributed by atoms with van der Waals surface area (Å²) in [5, 5.41) is 3.84. The predicted molar refractivity (Wildman–Crippen MR) is 76.7 cm³/mol. The average Bonchev–Trinajstić information content (AvgIpc) is 2.38. The number of nitrogens with zero attached hydrogens (tertiary/aromatic N) is 1. The maximum atomic E-state index is 12.3. The Morgan fingerprint density at radius 2 is 2.28 bits per heavy atom. The zero-order valence-corrected chi connectivity index (χ0v) is 11.9. The van der Waals surface area contributed by atoms with E-state index in [0.29, 0.717) is 16.6 Å². The number of likely N-dealkylation sites (N-methyl/N-ethyl adjacent to an activating group) is 1. The molecule has 0 aromatic heterocycles. The molecule has 0 aliphatic carbocycles. The van der Waals surface area contributed by atoms with Crippen LogP contribution in [-0.4, -0.2) is 37.0 Å². The van der Waals surface area contributed by atoms with Crippen molar-refractivity contribution in [1.29, 1.82) is 0 Å². The molecule has 1 aliphatic rings. The number of hydrogen-bond acceptors (Lipinski definition) is 2. The summed E-state index contributed by atoms with van der Waals surface area (Å²) in [6.45, 7) is 1.62. The molecule has 1 atom stereocenters. The van der Waals surface area contributed by atoms with Gasteiger partial charge < -0.3 is 10.2 Å². The van der Waals surface area contributed by atoms with Crippen LogP contribution in [0.4, 0.5) is 0 Å². The Bertz CT molecular complexity index is 412. The van der Waals surface area contributed by atoms with Crippen molar-refractivity contribution in [3.05, 3.63) is 34.9 Å². The second-order valence-electron chi connectivity index (χ2n) is 4.39. The standard InChI is InChI=1S/C13H17ClN2O.ClH/c1-15-12-6-3-7-16(9-12)13(17)10-4-2-5-11(14)8-10;/h2,4-5,8,12,15H,3,6-7,9H2,1H3;1H. The highest BCUT2D eigenvalue weighted by Gasteiger charge is 2.23. The summed E-state index contributed by atoms with van der Waals surface area (Å²) < 4.78 is 0. The quantitative estimate of drug-likeness (QED) is 0.907. The van der Waals surface area contributed by atoms with Gasteiger partial charge in [0.25, 0.3) is 5.91 Å². The number of benzene rings is 1. The molecule has 100 valence electrons. The van der Waals surface area contributed by atoms with E-state index >= 15 is 0 Å². The largest absolute Gasteiger partial charge is 0.337 e. The first-order valence-corrected chi connectivity index (χ1v) is 6.30. The van der Waals surface area contributed by atoms with Gasteiger partial charge in [0.2, 0.25) is 0 Å². The Hall–Kier alpha value is -0.770. The van der Waals surface area contributed by atoms with Gasteiger partial charge in [0.05, 0.1) is 0 Å². The molecule has 0 spiro atoms. The Morgan fingerprint density at radius 1 is 1.50 bits per heavy atom. The summed E-state index contributed by atoms with van der Waals surface area (Å²) in [6, 6.07) is 7.55. The number of nitrogens with one attached hydrogen (secondary N) is 1. The predicted octanol–water partition coefficient (Wildman–Crippen LogP) is 2.59. The number of amides is 1. The van der Waals surface area contributed by atoms with E-state index in [1.165, 1.54) is 0 Å². The Labute approximate surface area is 119 Å². The number of likely N-dealkylation sites (tertiary alicyclic amines) is 1. The highest BCUT2D eigenvalue weighted by atomic mass is 35.5. The first-order chi connectivity index (χ1) is 8.20. The molecule has 18 heavy (non-hydrogen) atoms. The molecule has 1 heterocycles. The second kappa shape index (κ2) is 6.98. The molecule has 0 saturated carbocycles. The van der Waals surface area contributed by atoms with Crippen LogP contribution in [0.15, 0.2) is 24.3 Å². The second-order valence-corrected chi connectivity index (χ2v) is 4.83. The van der Waals surface area contributed by atoms with Crippen LogP contribution >= 0.6 is 24.0 Å². The van der Waals surface area contributed by atoms with Crippen molar-refractivity contribution < 1.29 is 4.79 Å². The summed E-state index contributed by atoms with van der Waals surface area (Å²) in [5.74, 6) is 0.0763. The monoisotopic (exact) mass is 288 g/mol. The van der Waals surface area contributed by atoms with Crippen LogP contribution in [0.1, 0.15) is 23.2 Å². The van der Waals surface area contributed by atoms with Crippen molar-refractivity contribution in [2.45, 2.75) is 18.9 Å². The summed E-state index contributed by atoms with van der Waals surface area (Å²) in [5.41, 5.74) is 0.675. The Balaban J connectivity index is 0.00000162. The fourth-order valence-corrected chi connectivity index (χ4v) is 2.39. The lowest BCUT2D eigenvalue weighted by atomic mass is 10.0. The topological polar surface area (TPSA) is 32.3 Å². The molecule has 1 N–H and O–H groups in total. The highest BCUT2D eigenvalue weighted by Crippen LogP contribution is 2.16. The molecule has 1 aromatic rings. The molecule has 1 aliphatic heterocycles. The van der Waals surface area contributed by atoms with Crippen LogP contribution in [0.2, 0.25) is 5.02 Å². The minimum Gasteiger partial charge on any atom is -0.337 e. The van der Waals surface area contributed by atoms with E-state index in [1.54, 1.807) is 12.1 Å². The van der Waals surface area contributed by atoms with Crippen LogP contribution in [0.3, 0.4) is 0 Å². The lowest BCUT2D eigenvalue weighted by Crippen LogP contribution is -2.46. The summed E-state index contributed by atoms with van der Waals surface area (Å²) >= 11 is 5.90. The van der Waals surface area contributed by atoms with Crippen LogP contribution < -0.4 is 5.32 Å². The number of hydrogen-bond donors (Lipinski definition) is 1. The molecule has 1 amide bonds. The zero-order valence-electron chi connectivity index (χ0n) is 10.4. The molecule has 1 fully saturated rings. The normalized spacial score (nSPS) is 19.2. The van der Waals surface area contributed by atoms with E-state index in [2.05, 4.69) is 5.32 Å². The lowest BCUT2D eigenvalue weighted by molar-refractivity contribution is 0.0698. The average molecular weight is 289 g/mol. The van der Waals surface area contributed by atoms with Crippen LogP contribution in [0, 0.1) is 0 Å². The van der Waals surface area contributed by atoms with Gasteiger partial charge in [0.15, 0.2) is 0 Å². The van der Waals surface area contributed by atoms with Crippen LogP contribution in [0.5, 0.6) is 0 Å². The molecular weight excluding hydrogens is 271 g/mol. The first kappa shape index (κ1) is 15.3. The van der Waals surface area contributed by atoms with E-state index in [-0.39, 0.29) is 18.3 Å². The van der Waals surface area contributed by atoms with E-state index < -0.39 is 0 Å². The van der Waals surface area contributed by atoms with E-state index in [9.17, 15) is 4.79 Å². The Morgan fingerprint density at radius 3 is 2.94 bits per heavy atom. The zero-order chi connectivity index (χ0) is 12.3. The number of halogens is 2. The summed E-state index contributed by atoms with van der Waals surface area (Å²) in [7, 11) is 1.94. The van der Waals surface area contributed by atoms with Crippen molar-refractivity contribution in [1.82, 2.24) is 10.2 Å². The first-order valence-electron chi connectivity index (χ1n) is 5.93. The molecular formula is C13H18Cl2N2O. The maximum Gasteiger partial charge on any atom is 0.253 e. The van der Waals surface area contributed by atoms with Gasteiger partial charge in [-0.15, -0.1) is 12.4 Å². The fourth-order valence-electron chi connectivity index (χ4n) is 2.20. The van der Waals surface area contributed by atoms with E-state index in [1.807, 2.05) is 24.1 Å². The van der Waals surface area contributed by atoms with Gasteiger partial charge in [-0.25, -0.2) is 0 Å². The van der Waals surface area contributed by atoms with Gasteiger partial charge in [-0.2, -0.15) is 0 Å². The molecule has 1 aromatic carbocycles. The van der Waals surface area contributed by atoms with Crippen LogP contribution in [0.25, 0.3) is 0 Å². The van der Waals surface area contributed by atoms with E-state index in [4.69, 9.17) is 11.6 Å². The molecule has 1 saturated heterocycles. The van der Waals surface area contributed by atoms with Gasteiger partial charge >= 0.3 is 0 Å². The highest BCUT2D eigenvalue weighted by molar-refractivity contribution is 6.30. The molecule has 0 bridgehead atoms. The third kappa shape index (κ3) is 3.61. The number of piperidine rings is 1. The SMILES string of the molecule is CNC1CCCN(C(=O)c2cccc(Cl)c2)C1.Cl. The molecule has 2 rings (SSSR count). The Kier molecular flexibility index (Phi) is 5.93. The van der Waals surface area contributed by atoms with Crippen molar-refractivity contribution in [3.8, 4) is 0 Å². The van der Waals surface area contributed by atoms with Gasteiger partial charge in [0, 0.05) is 29.7 Å². The van der Waals surface area contributed by atoms with E-state index in [0.717, 1.165) is 25.9 Å². The number of carbonyl (C=O) groups is 1. The van der Waals surface area contributed by atoms with Gasteiger partial charge in [-0.05, 0) is 38.1 Å². The van der Waals surface area contributed by atoms with Gasteiger partial charge in [-0.1, -0.05) is 17.7 Å². The van der Waals surface area contributed by atoms with Gasteiger partial charge in [0.1, 0.15) is 0 Å². The third-order valence-electron chi connectivity index (χ3n) is 3.19. The molecule has 1 unspecified atom stereocenters. The molecule has 0 radical (unpaired) electrons. The number of carbonyl (C=O) groups excluding carboxylic acids is 1. The van der Waals surface area contributed by atoms with Crippen molar-refractivity contribution in [2.24, 2.45) is 0 Å². The van der Waals surface area contributed by atoms with Gasteiger partial charge in [-0.3, -0.25) is 4.79 Å². The van der Waals surface area contributed by atoms with Crippen molar-refractivity contribution >= 4 is 29.9 Å². The number of rotatable bonds is 2. The maximum absolute atomic E-state index is 12.3. The smallest absolute Gasteiger partial charge is 0.253 e.